The first-order valence-electron chi connectivity index (χ1n) is 5.89. The molecule has 0 radical (unpaired) electrons. The van der Waals surface area contributed by atoms with Crippen LogP contribution in [0, 0.1) is 0 Å². The van der Waals surface area contributed by atoms with Gasteiger partial charge >= 0.3 is 0 Å². The molecule has 0 amide bonds. The smallest absolute Gasteiger partial charge is 0.111 e. The Labute approximate surface area is 131 Å². The molecule has 19 heavy (non-hydrogen) atoms. The molecule has 1 aromatic carbocycles. The van der Waals surface area contributed by atoms with Gasteiger partial charge in [0.2, 0.25) is 0 Å². The monoisotopic (exact) mass is 321 g/mol. The van der Waals surface area contributed by atoms with E-state index in [4.69, 9.17) is 5.73 Å². The number of nitrogens with zero attached hydrogens (tertiary/aromatic N) is 2. The fourth-order valence-electron chi connectivity index (χ4n) is 1.87. The van der Waals surface area contributed by atoms with Gasteiger partial charge in [0.25, 0.3) is 0 Å². The molecule has 2 unspecified atom stereocenters. The van der Waals surface area contributed by atoms with E-state index in [-0.39, 0.29) is 30.9 Å². The summed E-state index contributed by atoms with van der Waals surface area (Å²) in [5, 5.41) is 1.16. The van der Waals surface area contributed by atoms with Crippen molar-refractivity contribution in [2.75, 3.05) is 13.6 Å². The van der Waals surface area contributed by atoms with Crippen LogP contribution in [-0.4, -0.2) is 29.5 Å². The van der Waals surface area contributed by atoms with Crippen LogP contribution < -0.4 is 5.73 Å². The number of likely N-dealkylation sites (N-methyl/N-ethyl adjacent to an activating group) is 1. The maximum Gasteiger partial charge on any atom is 0.111 e. The second-order valence-corrected chi connectivity index (χ2v) is 5.67. The van der Waals surface area contributed by atoms with Crippen molar-refractivity contribution in [2.24, 2.45) is 5.73 Å². The Morgan fingerprint density at radius 2 is 1.89 bits per heavy atom. The predicted octanol–water partition coefficient (Wildman–Crippen LogP) is 3.48. The van der Waals surface area contributed by atoms with Crippen LogP contribution in [0.25, 0.3) is 10.2 Å². The van der Waals surface area contributed by atoms with E-state index in [0.717, 1.165) is 17.1 Å². The molecule has 2 atom stereocenters. The van der Waals surface area contributed by atoms with E-state index in [1.165, 1.54) is 4.70 Å². The van der Waals surface area contributed by atoms with Gasteiger partial charge < -0.3 is 5.73 Å². The number of aromatic nitrogens is 1. The van der Waals surface area contributed by atoms with Crippen LogP contribution in [0.1, 0.15) is 24.9 Å². The van der Waals surface area contributed by atoms with Crippen LogP contribution in [-0.2, 0) is 0 Å². The number of rotatable bonds is 4. The highest BCUT2D eigenvalue weighted by molar-refractivity contribution is 7.18. The quantitative estimate of drug-likeness (QED) is 0.937. The molecule has 1 heterocycles. The van der Waals surface area contributed by atoms with Gasteiger partial charge in [0.1, 0.15) is 5.01 Å². The molecule has 0 spiro atoms. The first kappa shape index (κ1) is 18.6. The molecule has 1 aromatic heterocycles. The molecule has 0 aliphatic heterocycles. The average molecular weight is 322 g/mol. The Morgan fingerprint density at radius 3 is 2.47 bits per heavy atom. The molecule has 2 rings (SSSR count). The Balaban J connectivity index is 0.00000162. The van der Waals surface area contributed by atoms with Crippen LogP contribution in [0.4, 0.5) is 0 Å². The van der Waals surface area contributed by atoms with E-state index in [1.807, 2.05) is 13.0 Å². The van der Waals surface area contributed by atoms with Crippen LogP contribution in [0.15, 0.2) is 24.3 Å². The van der Waals surface area contributed by atoms with E-state index in [1.54, 1.807) is 11.3 Å². The van der Waals surface area contributed by atoms with Crippen LogP contribution in [0.5, 0.6) is 0 Å². The zero-order valence-corrected chi connectivity index (χ0v) is 13.8. The zero-order valence-electron chi connectivity index (χ0n) is 11.4. The molecule has 6 heteroatoms. The molecule has 108 valence electrons. The molecule has 0 aliphatic rings. The minimum atomic E-state index is 0. The van der Waals surface area contributed by atoms with E-state index >= 15 is 0 Å². The van der Waals surface area contributed by atoms with E-state index < -0.39 is 0 Å². The first-order chi connectivity index (χ1) is 8.08. The van der Waals surface area contributed by atoms with Crippen LogP contribution >= 0.6 is 36.2 Å². The summed E-state index contributed by atoms with van der Waals surface area (Å²) in [4.78, 5) is 6.93. The Kier molecular flexibility index (Phi) is 7.86. The Bertz CT molecular complexity index is 468. The molecule has 0 saturated heterocycles. The fourth-order valence-corrected chi connectivity index (χ4v) is 2.95. The number of hydrogen-bond donors (Lipinski definition) is 1. The summed E-state index contributed by atoms with van der Waals surface area (Å²) in [6, 6.07) is 8.78. The molecule has 0 aliphatic carbocycles. The van der Waals surface area contributed by atoms with Gasteiger partial charge in [0.05, 0.1) is 16.3 Å². The van der Waals surface area contributed by atoms with Crippen molar-refractivity contribution >= 4 is 46.4 Å². The van der Waals surface area contributed by atoms with Crippen molar-refractivity contribution in [3.8, 4) is 0 Å². The van der Waals surface area contributed by atoms with Gasteiger partial charge in [-0.2, -0.15) is 0 Å². The Morgan fingerprint density at radius 1 is 1.26 bits per heavy atom. The number of hydrogen-bond acceptors (Lipinski definition) is 4. The minimum Gasteiger partial charge on any atom is -0.327 e. The predicted molar refractivity (Wildman–Crippen MR) is 88.8 cm³/mol. The molecule has 2 aromatic rings. The van der Waals surface area contributed by atoms with Crippen LogP contribution in [0.3, 0.4) is 0 Å². The molecule has 0 bridgehead atoms. The van der Waals surface area contributed by atoms with E-state index in [0.29, 0.717) is 6.04 Å². The number of thiazole rings is 1. The molecule has 0 saturated carbocycles. The van der Waals surface area contributed by atoms with Gasteiger partial charge in [-0.3, -0.25) is 4.90 Å². The SMILES string of the molecule is CC(N)CN(C)C(C)c1nc2ccccc2s1.Cl.Cl. The second kappa shape index (κ2) is 8.02. The van der Waals surface area contributed by atoms with Gasteiger partial charge in [-0.15, -0.1) is 36.2 Å². The number of benzene rings is 1. The first-order valence-corrected chi connectivity index (χ1v) is 6.71. The third-order valence-corrected chi connectivity index (χ3v) is 4.11. The lowest BCUT2D eigenvalue weighted by molar-refractivity contribution is 0.249. The third kappa shape index (κ3) is 4.58. The van der Waals surface area contributed by atoms with E-state index in [2.05, 4.69) is 42.1 Å². The summed E-state index contributed by atoms with van der Waals surface area (Å²) in [6.07, 6.45) is 0. The molecular weight excluding hydrogens is 301 g/mol. The third-order valence-electron chi connectivity index (χ3n) is 2.90. The summed E-state index contributed by atoms with van der Waals surface area (Å²) >= 11 is 1.77. The molecule has 2 N–H and O–H groups in total. The summed E-state index contributed by atoms with van der Waals surface area (Å²) in [5.41, 5.74) is 6.92. The number of nitrogens with two attached hydrogens (primary N) is 1. The Hall–Kier alpha value is -0.390. The average Bonchev–Trinajstić information content (AvgIpc) is 2.70. The molecule has 3 nitrogen and oxygen atoms in total. The van der Waals surface area contributed by atoms with E-state index in [9.17, 15) is 0 Å². The number of para-hydroxylation sites is 1. The van der Waals surface area contributed by atoms with Crippen molar-refractivity contribution in [1.82, 2.24) is 9.88 Å². The van der Waals surface area contributed by atoms with Crippen molar-refractivity contribution in [1.29, 1.82) is 0 Å². The highest BCUT2D eigenvalue weighted by Gasteiger charge is 2.16. The maximum atomic E-state index is 5.83. The van der Waals surface area contributed by atoms with Gasteiger partial charge in [-0.25, -0.2) is 4.98 Å². The van der Waals surface area contributed by atoms with Crippen molar-refractivity contribution < 1.29 is 0 Å². The van der Waals surface area contributed by atoms with Gasteiger partial charge in [-0.05, 0) is 33.0 Å². The van der Waals surface area contributed by atoms with Gasteiger partial charge in [-0.1, -0.05) is 12.1 Å². The summed E-state index contributed by atoms with van der Waals surface area (Å²) in [7, 11) is 2.10. The van der Waals surface area contributed by atoms with Gasteiger partial charge in [0.15, 0.2) is 0 Å². The molecular formula is C13H21Cl2N3S. The van der Waals surface area contributed by atoms with Gasteiger partial charge in [0, 0.05) is 12.6 Å². The molecule has 0 fully saturated rings. The van der Waals surface area contributed by atoms with Crippen molar-refractivity contribution in [3.63, 3.8) is 0 Å². The number of halogens is 2. The summed E-state index contributed by atoms with van der Waals surface area (Å²) in [6.45, 7) is 5.10. The zero-order chi connectivity index (χ0) is 12.4. The summed E-state index contributed by atoms with van der Waals surface area (Å²) in [5.74, 6) is 0. The lowest BCUT2D eigenvalue weighted by atomic mass is 10.2. The highest BCUT2D eigenvalue weighted by Crippen LogP contribution is 2.28. The lowest BCUT2D eigenvalue weighted by Gasteiger charge is -2.24. The fraction of sp³-hybridized carbons (Fsp3) is 0.462. The topological polar surface area (TPSA) is 42.1 Å². The minimum absolute atomic E-state index is 0. The largest absolute Gasteiger partial charge is 0.327 e. The van der Waals surface area contributed by atoms with Crippen molar-refractivity contribution in [2.45, 2.75) is 25.9 Å². The highest BCUT2D eigenvalue weighted by atomic mass is 35.5. The van der Waals surface area contributed by atoms with Crippen molar-refractivity contribution in [3.05, 3.63) is 29.3 Å². The van der Waals surface area contributed by atoms with Crippen LogP contribution in [0.2, 0.25) is 0 Å². The maximum absolute atomic E-state index is 5.83. The number of fused-ring (bicyclic) bond motifs is 1. The standard InChI is InChI=1S/C13H19N3S.2ClH/c1-9(14)8-16(3)10(2)13-15-11-6-4-5-7-12(11)17-13;;/h4-7,9-10H,8,14H2,1-3H3;2*1H. The lowest BCUT2D eigenvalue weighted by Crippen LogP contribution is -2.34. The second-order valence-electron chi connectivity index (χ2n) is 4.61. The normalized spacial score (nSPS) is 13.7. The summed E-state index contributed by atoms with van der Waals surface area (Å²) < 4.78 is 1.25.